The predicted molar refractivity (Wildman–Crippen MR) is 81.3 cm³/mol. The number of hydrogen-bond acceptors (Lipinski definition) is 3. The Balaban J connectivity index is 2.76. The smallest absolute Gasteiger partial charge is 0.386 e. The van der Waals surface area contributed by atoms with E-state index in [1.165, 1.54) is 19.9 Å². The molecule has 130 valence electrons. The van der Waals surface area contributed by atoms with E-state index in [0.29, 0.717) is 18.0 Å². The molecule has 8 heteroatoms. The number of hydrogen-bond donors (Lipinski definition) is 1. The molecule has 0 saturated heterocycles. The first kappa shape index (κ1) is 19.1. The maximum absolute atomic E-state index is 12.5. The summed E-state index contributed by atoms with van der Waals surface area (Å²) in [6.07, 6.45) is -3.81. The summed E-state index contributed by atoms with van der Waals surface area (Å²) < 4.78 is 38.7. The van der Waals surface area contributed by atoms with Crippen molar-refractivity contribution in [1.29, 1.82) is 0 Å². The van der Waals surface area contributed by atoms with Crippen molar-refractivity contribution in [2.24, 2.45) is 16.8 Å². The Bertz CT molecular complexity index is 590. The van der Waals surface area contributed by atoms with Crippen molar-refractivity contribution in [2.45, 2.75) is 46.8 Å². The number of alkyl halides is 3. The maximum Gasteiger partial charge on any atom is 0.406 e. The zero-order valence-corrected chi connectivity index (χ0v) is 13.7. The van der Waals surface area contributed by atoms with Crippen LogP contribution in [0.5, 0.6) is 0 Å². The number of carbonyl (C=O) groups excluding carboxylic acids is 1. The highest BCUT2D eigenvalue weighted by molar-refractivity contribution is 5.98. The molecule has 0 radical (unpaired) electrons. The first-order chi connectivity index (χ1) is 10.5. The summed E-state index contributed by atoms with van der Waals surface area (Å²) in [5.41, 5.74) is 6.43. The lowest BCUT2D eigenvalue weighted by Crippen LogP contribution is -2.20. The molecule has 0 bridgehead atoms. The fraction of sp³-hybridized carbons (Fsp3) is 0.600. The van der Waals surface area contributed by atoms with Gasteiger partial charge in [-0.05, 0) is 25.8 Å². The zero-order chi connectivity index (χ0) is 17.8. The molecule has 0 spiro atoms. The van der Waals surface area contributed by atoms with Gasteiger partial charge in [0, 0.05) is 23.4 Å². The quantitative estimate of drug-likeness (QED) is 0.361. The number of nitrogens with zero attached hydrogens (tertiary/aromatic N) is 2. The number of carbonyl (C=O) groups is 1. The second-order valence-electron chi connectivity index (χ2n) is 5.86. The van der Waals surface area contributed by atoms with Gasteiger partial charge in [-0.15, -0.1) is 0 Å². The lowest BCUT2D eigenvalue weighted by atomic mass is 10.1. The second kappa shape index (κ2) is 7.52. The monoisotopic (exact) mass is 333 g/mol. The number of ketones is 1. The molecule has 0 saturated carbocycles. The van der Waals surface area contributed by atoms with Gasteiger partial charge in [-0.3, -0.25) is 4.79 Å². The van der Waals surface area contributed by atoms with Crippen LogP contribution in [0.2, 0.25) is 0 Å². The third-order valence-electron chi connectivity index (χ3n) is 3.21. The molecule has 1 aromatic rings. The summed E-state index contributed by atoms with van der Waals surface area (Å²) in [6, 6.07) is 1.42. The van der Waals surface area contributed by atoms with E-state index >= 15 is 0 Å². The largest absolute Gasteiger partial charge is 0.406 e. The van der Waals surface area contributed by atoms with Crippen LogP contribution in [0.15, 0.2) is 11.2 Å². The molecule has 5 nitrogen and oxygen atoms in total. The van der Waals surface area contributed by atoms with Crippen LogP contribution < -0.4 is 5.73 Å². The molecule has 1 heterocycles. The average molecular weight is 333 g/mol. The highest BCUT2D eigenvalue weighted by Gasteiger charge is 2.30. The molecular weight excluding hydrogens is 311 g/mol. The standard InChI is InChI=1S/C15H22F3N3O2/c1-9(2)5-14(19)20-23-7-13(22)12-6-10(3)21(11(12)4)8-15(16,17)18/h6,9H,5,7-8H2,1-4H3,(H2,19,20). The Morgan fingerprint density at radius 1 is 1.39 bits per heavy atom. The Hall–Kier alpha value is -1.99. The van der Waals surface area contributed by atoms with Crippen LogP contribution in [0.1, 0.15) is 42.0 Å². The van der Waals surface area contributed by atoms with E-state index in [9.17, 15) is 18.0 Å². The van der Waals surface area contributed by atoms with E-state index in [2.05, 4.69) is 5.16 Å². The second-order valence-corrected chi connectivity index (χ2v) is 5.86. The van der Waals surface area contributed by atoms with Crippen LogP contribution in [-0.2, 0) is 11.4 Å². The van der Waals surface area contributed by atoms with Crippen molar-refractivity contribution >= 4 is 11.6 Å². The highest BCUT2D eigenvalue weighted by Crippen LogP contribution is 2.23. The molecule has 0 fully saturated rings. The summed E-state index contributed by atoms with van der Waals surface area (Å²) in [4.78, 5) is 17.0. The van der Waals surface area contributed by atoms with Gasteiger partial charge in [0.05, 0.1) is 0 Å². The summed E-state index contributed by atoms with van der Waals surface area (Å²) >= 11 is 0. The first-order valence-electron chi connectivity index (χ1n) is 7.22. The number of Topliss-reactive ketones (excluding diaryl/α,β-unsaturated/α-hetero) is 1. The van der Waals surface area contributed by atoms with E-state index in [1.54, 1.807) is 0 Å². The molecule has 0 aliphatic rings. The van der Waals surface area contributed by atoms with Gasteiger partial charge in [0.15, 0.2) is 6.61 Å². The minimum Gasteiger partial charge on any atom is -0.386 e. The highest BCUT2D eigenvalue weighted by atomic mass is 19.4. The number of aryl methyl sites for hydroxylation is 1. The van der Waals surface area contributed by atoms with Crippen molar-refractivity contribution in [3.05, 3.63) is 23.0 Å². The molecule has 0 aromatic carbocycles. The number of halogens is 3. The van der Waals surface area contributed by atoms with Crippen LogP contribution in [0.4, 0.5) is 13.2 Å². The molecule has 0 atom stereocenters. The molecule has 1 rings (SSSR count). The fourth-order valence-corrected chi connectivity index (χ4v) is 2.21. The maximum atomic E-state index is 12.5. The Kier molecular flexibility index (Phi) is 6.23. The zero-order valence-electron chi connectivity index (χ0n) is 13.7. The SMILES string of the molecule is Cc1cc(C(=O)CO/N=C(\N)CC(C)C)c(C)n1CC(F)(F)F. The predicted octanol–water partition coefficient (Wildman–Crippen LogP) is 3.18. The summed E-state index contributed by atoms with van der Waals surface area (Å²) in [5, 5.41) is 3.63. The van der Waals surface area contributed by atoms with Crippen LogP contribution in [0, 0.1) is 19.8 Å². The van der Waals surface area contributed by atoms with Gasteiger partial charge in [0.1, 0.15) is 12.4 Å². The van der Waals surface area contributed by atoms with Gasteiger partial charge < -0.3 is 15.1 Å². The molecule has 0 aliphatic carbocycles. The number of nitrogens with two attached hydrogens (primary N) is 1. The number of aromatic nitrogens is 1. The molecule has 1 aromatic heterocycles. The first-order valence-corrected chi connectivity index (χ1v) is 7.22. The van der Waals surface area contributed by atoms with Crippen molar-refractivity contribution in [3.8, 4) is 0 Å². The van der Waals surface area contributed by atoms with Crippen LogP contribution in [0.3, 0.4) is 0 Å². The summed E-state index contributed by atoms with van der Waals surface area (Å²) in [6.45, 7) is 5.43. The van der Waals surface area contributed by atoms with Gasteiger partial charge in [0.25, 0.3) is 0 Å². The normalized spacial score (nSPS) is 12.8. The number of rotatable bonds is 7. The molecule has 0 amide bonds. The van der Waals surface area contributed by atoms with E-state index in [-0.39, 0.29) is 23.7 Å². The molecule has 23 heavy (non-hydrogen) atoms. The Morgan fingerprint density at radius 3 is 2.52 bits per heavy atom. The van der Waals surface area contributed by atoms with Crippen LogP contribution in [0.25, 0.3) is 0 Å². The molecule has 0 aliphatic heterocycles. The van der Waals surface area contributed by atoms with E-state index < -0.39 is 18.5 Å². The fourth-order valence-electron chi connectivity index (χ4n) is 2.21. The topological polar surface area (TPSA) is 69.6 Å². The van der Waals surface area contributed by atoms with E-state index in [0.717, 1.165) is 4.57 Å². The molecular formula is C15H22F3N3O2. The number of amidine groups is 1. The van der Waals surface area contributed by atoms with Crippen molar-refractivity contribution in [3.63, 3.8) is 0 Å². The minimum atomic E-state index is -4.35. The van der Waals surface area contributed by atoms with Crippen molar-refractivity contribution < 1.29 is 22.8 Å². The van der Waals surface area contributed by atoms with E-state index in [1.807, 2.05) is 13.8 Å². The lowest BCUT2D eigenvalue weighted by molar-refractivity contribution is -0.141. The Morgan fingerprint density at radius 2 is 2.00 bits per heavy atom. The van der Waals surface area contributed by atoms with Gasteiger partial charge in [0.2, 0.25) is 5.78 Å². The van der Waals surface area contributed by atoms with Crippen LogP contribution in [-0.4, -0.2) is 29.0 Å². The summed E-state index contributed by atoms with van der Waals surface area (Å²) in [7, 11) is 0. The third kappa shape index (κ3) is 5.96. The lowest BCUT2D eigenvalue weighted by Gasteiger charge is -2.12. The van der Waals surface area contributed by atoms with Crippen molar-refractivity contribution in [1.82, 2.24) is 4.57 Å². The average Bonchev–Trinajstić information content (AvgIpc) is 2.64. The van der Waals surface area contributed by atoms with Crippen LogP contribution >= 0.6 is 0 Å². The van der Waals surface area contributed by atoms with Gasteiger partial charge in [-0.25, -0.2) is 0 Å². The van der Waals surface area contributed by atoms with Gasteiger partial charge >= 0.3 is 6.18 Å². The molecule has 0 unspecified atom stereocenters. The van der Waals surface area contributed by atoms with Gasteiger partial charge in [-0.2, -0.15) is 13.2 Å². The van der Waals surface area contributed by atoms with Gasteiger partial charge in [-0.1, -0.05) is 19.0 Å². The van der Waals surface area contributed by atoms with Crippen molar-refractivity contribution in [2.75, 3.05) is 6.61 Å². The molecule has 2 N–H and O–H groups in total. The van der Waals surface area contributed by atoms with E-state index in [4.69, 9.17) is 10.6 Å². The summed E-state index contributed by atoms with van der Waals surface area (Å²) in [5.74, 6) is 0.141. The minimum absolute atomic E-state index is 0.199. The Labute approximate surface area is 133 Å². The number of oxime groups is 1. The third-order valence-corrected chi connectivity index (χ3v) is 3.21.